The number of aromatic nitrogens is 2. The summed E-state index contributed by atoms with van der Waals surface area (Å²) < 4.78 is 15.6. The molecule has 0 aliphatic carbocycles. The molecule has 7 heteroatoms. The van der Waals surface area contributed by atoms with Crippen LogP contribution in [-0.2, 0) is 11.3 Å². The van der Waals surface area contributed by atoms with Crippen molar-refractivity contribution < 1.29 is 18.8 Å². The minimum absolute atomic E-state index is 0.0306. The predicted octanol–water partition coefficient (Wildman–Crippen LogP) is 3.47. The van der Waals surface area contributed by atoms with Crippen molar-refractivity contribution in [3.05, 3.63) is 52.1 Å². The Morgan fingerprint density at radius 2 is 2.22 bits per heavy atom. The molecule has 0 atom stereocenters. The Balaban J connectivity index is 1.66. The smallest absolute Gasteiger partial charge is 0.358 e. The molecule has 3 rings (SSSR count). The van der Waals surface area contributed by atoms with Crippen molar-refractivity contribution in [2.24, 2.45) is 0 Å². The maximum Gasteiger partial charge on any atom is 0.358 e. The summed E-state index contributed by atoms with van der Waals surface area (Å²) in [5.41, 5.74) is 1.68. The van der Waals surface area contributed by atoms with Crippen LogP contribution in [0, 0.1) is 6.92 Å². The number of hydrogen-bond acceptors (Lipinski definition) is 7. The second-order valence-corrected chi connectivity index (χ2v) is 5.80. The third-order valence-corrected chi connectivity index (χ3v) is 3.87. The van der Waals surface area contributed by atoms with Gasteiger partial charge in [0.05, 0.1) is 12.1 Å². The third kappa shape index (κ3) is 3.57. The van der Waals surface area contributed by atoms with Crippen LogP contribution in [0.25, 0.3) is 11.3 Å². The molecule has 1 aromatic carbocycles. The molecule has 0 bridgehead atoms. The van der Waals surface area contributed by atoms with Crippen LogP contribution in [0.2, 0.25) is 0 Å². The van der Waals surface area contributed by atoms with Crippen LogP contribution in [0.5, 0.6) is 5.75 Å². The molecule has 0 saturated heterocycles. The minimum atomic E-state index is -0.472. The van der Waals surface area contributed by atoms with Gasteiger partial charge in [-0.25, -0.2) is 9.78 Å². The maximum atomic E-state index is 11.8. The normalized spacial score (nSPS) is 10.5. The quantitative estimate of drug-likeness (QED) is 0.667. The fourth-order valence-electron chi connectivity index (χ4n) is 1.96. The van der Waals surface area contributed by atoms with E-state index in [2.05, 4.69) is 10.1 Å². The highest BCUT2D eigenvalue weighted by molar-refractivity contribution is 7.09. The maximum absolute atomic E-state index is 11.8. The summed E-state index contributed by atoms with van der Waals surface area (Å²) in [6.07, 6.45) is 0. The van der Waals surface area contributed by atoms with Crippen molar-refractivity contribution in [3.8, 4) is 17.1 Å². The van der Waals surface area contributed by atoms with Crippen LogP contribution < -0.4 is 4.74 Å². The van der Waals surface area contributed by atoms with Crippen LogP contribution in [0.15, 0.2) is 40.2 Å². The molecule has 6 nitrogen and oxygen atoms in total. The number of hydrogen-bond donors (Lipinski definition) is 0. The zero-order chi connectivity index (χ0) is 16.2. The van der Waals surface area contributed by atoms with Gasteiger partial charge >= 0.3 is 5.97 Å². The highest BCUT2D eigenvalue weighted by Crippen LogP contribution is 2.24. The van der Waals surface area contributed by atoms with E-state index in [1.54, 1.807) is 18.6 Å². The van der Waals surface area contributed by atoms with E-state index in [1.807, 2.05) is 31.2 Å². The number of thiazole rings is 1. The average molecular weight is 330 g/mol. The van der Waals surface area contributed by atoms with E-state index in [9.17, 15) is 4.79 Å². The highest BCUT2D eigenvalue weighted by atomic mass is 32.1. The van der Waals surface area contributed by atoms with Crippen molar-refractivity contribution in [1.29, 1.82) is 0 Å². The molecule has 118 valence electrons. The summed E-state index contributed by atoms with van der Waals surface area (Å²) in [4.78, 5) is 15.9. The molecule has 0 amide bonds. The van der Waals surface area contributed by atoms with E-state index in [0.29, 0.717) is 17.1 Å². The van der Waals surface area contributed by atoms with E-state index >= 15 is 0 Å². The minimum Gasteiger partial charge on any atom is -0.497 e. The monoisotopic (exact) mass is 330 g/mol. The first-order valence-electron chi connectivity index (χ1n) is 6.85. The summed E-state index contributed by atoms with van der Waals surface area (Å²) in [6.45, 7) is 1.86. The first-order chi connectivity index (χ1) is 11.2. The molecule has 23 heavy (non-hydrogen) atoms. The van der Waals surface area contributed by atoms with Gasteiger partial charge in [-0.1, -0.05) is 17.3 Å². The van der Waals surface area contributed by atoms with Gasteiger partial charge in [-0.05, 0) is 19.1 Å². The van der Waals surface area contributed by atoms with Crippen LogP contribution in [0.4, 0.5) is 0 Å². The Labute approximate surface area is 136 Å². The number of rotatable bonds is 5. The highest BCUT2D eigenvalue weighted by Gasteiger charge is 2.13. The number of aryl methyl sites for hydroxylation is 1. The van der Waals surface area contributed by atoms with E-state index in [4.69, 9.17) is 14.0 Å². The molecular weight excluding hydrogens is 316 g/mol. The lowest BCUT2D eigenvalue weighted by atomic mass is 10.1. The summed E-state index contributed by atoms with van der Waals surface area (Å²) in [5, 5.41) is 6.40. The van der Waals surface area contributed by atoms with Gasteiger partial charge in [-0.3, -0.25) is 0 Å². The number of carbonyl (C=O) groups excluding carboxylic acids is 1. The number of nitrogens with zero attached hydrogens (tertiary/aromatic N) is 2. The van der Waals surface area contributed by atoms with Gasteiger partial charge in [-0.15, -0.1) is 11.3 Å². The fraction of sp³-hybridized carbons (Fsp3) is 0.188. The van der Waals surface area contributed by atoms with E-state index in [-0.39, 0.29) is 6.61 Å². The fourth-order valence-corrected chi connectivity index (χ4v) is 2.55. The molecule has 0 unspecified atom stereocenters. The second-order valence-electron chi connectivity index (χ2n) is 4.74. The Hall–Kier alpha value is -2.67. The lowest BCUT2D eigenvalue weighted by Gasteiger charge is -2.00. The van der Waals surface area contributed by atoms with Gasteiger partial charge in [0.25, 0.3) is 0 Å². The Bertz CT molecular complexity index is 825. The number of ether oxygens (including phenoxy) is 2. The molecular formula is C16H14N2O4S. The van der Waals surface area contributed by atoms with Crippen molar-refractivity contribution >= 4 is 17.3 Å². The molecule has 0 aliphatic heterocycles. The third-order valence-electron chi connectivity index (χ3n) is 3.09. The lowest BCUT2D eigenvalue weighted by Crippen LogP contribution is -2.05. The summed E-state index contributed by atoms with van der Waals surface area (Å²) in [7, 11) is 1.60. The Kier molecular flexibility index (Phi) is 4.38. The second kappa shape index (κ2) is 6.62. The van der Waals surface area contributed by atoms with E-state index in [0.717, 1.165) is 16.3 Å². The Morgan fingerprint density at radius 1 is 1.35 bits per heavy atom. The standard InChI is InChI=1S/C16H14N2O4S/c1-10-17-14(9-23-10)16(19)21-8-12-7-15(22-18-12)11-4-3-5-13(6-11)20-2/h3-7,9H,8H2,1-2H3. The molecule has 3 aromatic rings. The summed E-state index contributed by atoms with van der Waals surface area (Å²) >= 11 is 1.40. The lowest BCUT2D eigenvalue weighted by molar-refractivity contribution is 0.0458. The van der Waals surface area contributed by atoms with Crippen LogP contribution >= 0.6 is 11.3 Å². The van der Waals surface area contributed by atoms with E-state index in [1.165, 1.54) is 11.3 Å². The Morgan fingerprint density at radius 3 is 2.96 bits per heavy atom. The zero-order valence-corrected chi connectivity index (χ0v) is 13.4. The molecule has 0 fully saturated rings. The van der Waals surface area contributed by atoms with Crippen molar-refractivity contribution in [3.63, 3.8) is 0 Å². The average Bonchev–Trinajstić information content (AvgIpc) is 3.22. The van der Waals surface area contributed by atoms with Crippen molar-refractivity contribution in [2.75, 3.05) is 7.11 Å². The summed E-state index contributed by atoms with van der Waals surface area (Å²) in [6, 6.07) is 9.17. The first-order valence-corrected chi connectivity index (χ1v) is 7.73. The van der Waals surface area contributed by atoms with Gasteiger partial charge in [-0.2, -0.15) is 0 Å². The number of esters is 1. The van der Waals surface area contributed by atoms with Crippen molar-refractivity contribution in [2.45, 2.75) is 13.5 Å². The number of carbonyl (C=O) groups is 1. The van der Waals surface area contributed by atoms with Crippen LogP contribution in [0.1, 0.15) is 21.2 Å². The number of benzene rings is 1. The molecule has 0 radical (unpaired) electrons. The molecule has 0 N–H and O–H groups in total. The van der Waals surface area contributed by atoms with Gasteiger partial charge in [0.1, 0.15) is 18.1 Å². The molecule has 2 aromatic heterocycles. The molecule has 0 saturated carbocycles. The first kappa shape index (κ1) is 15.2. The molecule has 0 aliphatic rings. The van der Waals surface area contributed by atoms with Crippen molar-refractivity contribution in [1.82, 2.24) is 10.1 Å². The van der Waals surface area contributed by atoms with Crippen LogP contribution in [0.3, 0.4) is 0 Å². The van der Waals surface area contributed by atoms with E-state index < -0.39 is 5.97 Å². The van der Waals surface area contributed by atoms with Gasteiger partial charge in [0.15, 0.2) is 11.5 Å². The topological polar surface area (TPSA) is 74.5 Å². The molecule has 0 spiro atoms. The number of methoxy groups -OCH3 is 1. The zero-order valence-electron chi connectivity index (χ0n) is 12.6. The van der Waals surface area contributed by atoms with Gasteiger partial charge in [0.2, 0.25) is 0 Å². The SMILES string of the molecule is COc1cccc(-c2cc(COC(=O)c3csc(C)n3)no2)c1. The largest absolute Gasteiger partial charge is 0.497 e. The van der Waals surface area contributed by atoms with Crippen LogP contribution in [-0.4, -0.2) is 23.2 Å². The predicted molar refractivity (Wildman–Crippen MR) is 84.5 cm³/mol. The van der Waals surface area contributed by atoms with Gasteiger partial charge < -0.3 is 14.0 Å². The van der Waals surface area contributed by atoms with Gasteiger partial charge in [0, 0.05) is 17.0 Å². The molecule has 2 heterocycles. The summed E-state index contributed by atoms with van der Waals surface area (Å²) in [5.74, 6) is 0.838.